The van der Waals surface area contributed by atoms with Gasteiger partial charge in [0.25, 0.3) is 0 Å². The maximum absolute atomic E-state index is 10.9. The maximum Gasteiger partial charge on any atom is 0.335 e. The van der Waals surface area contributed by atoms with Gasteiger partial charge >= 0.3 is 5.97 Å². The zero-order valence-electron chi connectivity index (χ0n) is 10.8. The van der Waals surface area contributed by atoms with Crippen molar-refractivity contribution in [2.24, 2.45) is 0 Å². The van der Waals surface area contributed by atoms with Crippen molar-refractivity contribution in [3.63, 3.8) is 0 Å². The average molecular weight is 264 g/mol. The molecule has 0 aliphatic carbocycles. The van der Waals surface area contributed by atoms with Crippen LogP contribution in [0.25, 0.3) is 11.0 Å². The number of aliphatic hydroxyl groups is 1. The molecule has 0 aliphatic heterocycles. The number of aromatic carboxylic acids is 1. The Kier molecular flexibility index (Phi) is 3.82. The van der Waals surface area contributed by atoms with Gasteiger partial charge in [-0.15, -0.1) is 0 Å². The number of carboxylic acid groups (broad SMARTS) is 1. The Balaban J connectivity index is 2.55. The second-order valence-electron chi connectivity index (χ2n) is 4.43. The zero-order valence-corrected chi connectivity index (χ0v) is 10.8. The van der Waals surface area contributed by atoms with Gasteiger partial charge in [0.15, 0.2) is 0 Å². The van der Waals surface area contributed by atoms with Crippen molar-refractivity contribution in [1.82, 2.24) is 9.55 Å². The molecule has 0 bridgehead atoms. The number of imidazole rings is 1. The minimum atomic E-state index is -0.986. The van der Waals surface area contributed by atoms with Gasteiger partial charge < -0.3 is 19.5 Å². The van der Waals surface area contributed by atoms with Gasteiger partial charge in [0.05, 0.1) is 29.2 Å². The molecule has 1 unspecified atom stereocenters. The standard InChI is InChI=1S/C13H16N2O4/c1-8(16)6-15-11-4-3-9(13(17)18)5-10(11)14-12(15)7-19-2/h3-5,8,16H,6-7H2,1-2H3,(H,17,18). The number of carboxylic acids is 1. The highest BCUT2D eigenvalue weighted by molar-refractivity contribution is 5.92. The van der Waals surface area contributed by atoms with Crippen LogP contribution in [-0.2, 0) is 17.9 Å². The fourth-order valence-electron chi connectivity index (χ4n) is 2.02. The lowest BCUT2D eigenvalue weighted by molar-refractivity contribution is 0.0697. The number of hydrogen-bond donors (Lipinski definition) is 2. The number of benzene rings is 1. The molecule has 0 saturated carbocycles. The first kappa shape index (κ1) is 13.5. The highest BCUT2D eigenvalue weighted by Crippen LogP contribution is 2.19. The third-order valence-corrected chi connectivity index (χ3v) is 2.79. The van der Waals surface area contributed by atoms with Gasteiger partial charge in [-0.2, -0.15) is 0 Å². The fourth-order valence-corrected chi connectivity index (χ4v) is 2.02. The molecule has 2 N–H and O–H groups in total. The van der Waals surface area contributed by atoms with E-state index in [2.05, 4.69) is 4.98 Å². The van der Waals surface area contributed by atoms with Gasteiger partial charge in [-0.05, 0) is 25.1 Å². The van der Waals surface area contributed by atoms with E-state index in [9.17, 15) is 9.90 Å². The smallest absolute Gasteiger partial charge is 0.335 e. The van der Waals surface area contributed by atoms with Crippen LogP contribution in [0.1, 0.15) is 23.1 Å². The summed E-state index contributed by atoms with van der Waals surface area (Å²) in [5, 5.41) is 18.5. The number of fused-ring (bicyclic) bond motifs is 1. The molecule has 0 saturated heterocycles. The van der Waals surface area contributed by atoms with Crippen molar-refractivity contribution < 1.29 is 19.7 Å². The van der Waals surface area contributed by atoms with E-state index >= 15 is 0 Å². The monoisotopic (exact) mass is 264 g/mol. The topological polar surface area (TPSA) is 84.6 Å². The summed E-state index contributed by atoms with van der Waals surface area (Å²) in [7, 11) is 1.56. The summed E-state index contributed by atoms with van der Waals surface area (Å²) >= 11 is 0. The second-order valence-corrected chi connectivity index (χ2v) is 4.43. The van der Waals surface area contributed by atoms with Gasteiger partial charge in [-0.3, -0.25) is 0 Å². The molecule has 1 aromatic carbocycles. The van der Waals surface area contributed by atoms with Gasteiger partial charge in [0.2, 0.25) is 0 Å². The van der Waals surface area contributed by atoms with Gasteiger partial charge in [0.1, 0.15) is 12.4 Å². The lowest BCUT2D eigenvalue weighted by Crippen LogP contribution is -2.14. The van der Waals surface area contributed by atoms with E-state index < -0.39 is 12.1 Å². The third-order valence-electron chi connectivity index (χ3n) is 2.79. The van der Waals surface area contributed by atoms with Crippen molar-refractivity contribution in [1.29, 1.82) is 0 Å². The number of aromatic nitrogens is 2. The molecular weight excluding hydrogens is 248 g/mol. The lowest BCUT2D eigenvalue weighted by atomic mass is 10.2. The molecule has 6 heteroatoms. The molecule has 0 radical (unpaired) electrons. The predicted molar refractivity (Wildman–Crippen MR) is 69.1 cm³/mol. The third kappa shape index (κ3) is 2.74. The molecule has 0 fully saturated rings. The van der Waals surface area contributed by atoms with Crippen LogP contribution in [0.4, 0.5) is 0 Å². The Hall–Kier alpha value is -1.92. The molecule has 6 nitrogen and oxygen atoms in total. The number of ether oxygens (including phenoxy) is 1. The number of carbonyl (C=O) groups is 1. The highest BCUT2D eigenvalue weighted by Gasteiger charge is 2.14. The van der Waals surface area contributed by atoms with Gasteiger partial charge in [-0.1, -0.05) is 0 Å². The van der Waals surface area contributed by atoms with Crippen LogP contribution in [0, 0.1) is 0 Å². The molecule has 102 valence electrons. The maximum atomic E-state index is 10.9. The number of nitrogens with zero attached hydrogens (tertiary/aromatic N) is 2. The zero-order chi connectivity index (χ0) is 14.0. The predicted octanol–water partition coefficient (Wildman–Crippen LogP) is 1.26. The Labute approximate surface area is 110 Å². The Morgan fingerprint density at radius 2 is 2.26 bits per heavy atom. The van der Waals surface area contributed by atoms with Crippen LogP contribution in [0.3, 0.4) is 0 Å². The molecule has 1 aromatic heterocycles. The first-order chi connectivity index (χ1) is 9.02. The van der Waals surface area contributed by atoms with E-state index in [1.54, 1.807) is 20.1 Å². The van der Waals surface area contributed by atoms with Crippen LogP contribution < -0.4 is 0 Å². The summed E-state index contributed by atoms with van der Waals surface area (Å²) in [5.74, 6) is -0.318. The van der Waals surface area contributed by atoms with Crippen molar-refractivity contribution in [3.05, 3.63) is 29.6 Å². The average Bonchev–Trinajstić information content (AvgIpc) is 2.66. The molecule has 0 spiro atoms. The summed E-state index contributed by atoms with van der Waals surface area (Å²) in [4.78, 5) is 15.3. The molecule has 0 amide bonds. The summed E-state index contributed by atoms with van der Waals surface area (Å²) in [5.41, 5.74) is 1.57. The van der Waals surface area contributed by atoms with Gasteiger partial charge in [-0.25, -0.2) is 9.78 Å². The summed E-state index contributed by atoms with van der Waals surface area (Å²) in [6, 6.07) is 4.75. The SMILES string of the molecule is COCc1nc2cc(C(=O)O)ccc2n1CC(C)O. The van der Waals surface area contributed by atoms with Crippen LogP contribution in [0.5, 0.6) is 0 Å². The Bertz CT molecular complexity index is 604. The van der Waals surface area contributed by atoms with Crippen LogP contribution in [0.15, 0.2) is 18.2 Å². The molecular formula is C13H16N2O4. The van der Waals surface area contributed by atoms with Crippen LogP contribution in [-0.4, -0.2) is 38.9 Å². The summed E-state index contributed by atoms with van der Waals surface area (Å²) in [6.45, 7) is 2.39. The van der Waals surface area contributed by atoms with E-state index in [1.807, 2.05) is 4.57 Å². The molecule has 19 heavy (non-hydrogen) atoms. The van der Waals surface area contributed by atoms with Crippen LogP contribution in [0.2, 0.25) is 0 Å². The number of hydrogen-bond acceptors (Lipinski definition) is 4. The van der Waals surface area contributed by atoms with Gasteiger partial charge in [0, 0.05) is 7.11 Å². The largest absolute Gasteiger partial charge is 0.478 e. The highest BCUT2D eigenvalue weighted by atomic mass is 16.5. The van der Waals surface area contributed by atoms with Crippen molar-refractivity contribution in [3.8, 4) is 0 Å². The van der Waals surface area contributed by atoms with Crippen molar-refractivity contribution in [2.75, 3.05) is 7.11 Å². The molecule has 1 heterocycles. The van der Waals surface area contributed by atoms with E-state index in [4.69, 9.17) is 9.84 Å². The minimum Gasteiger partial charge on any atom is -0.478 e. The Morgan fingerprint density at radius 3 is 2.84 bits per heavy atom. The first-order valence-electron chi connectivity index (χ1n) is 5.92. The van der Waals surface area contributed by atoms with Crippen molar-refractivity contribution in [2.45, 2.75) is 26.2 Å². The quantitative estimate of drug-likeness (QED) is 0.849. The second kappa shape index (κ2) is 5.38. The summed E-state index contributed by atoms with van der Waals surface area (Å²) < 4.78 is 6.92. The Morgan fingerprint density at radius 1 is 1.53 bits per heavy atom. The lowest BCUT2D eigenvalue weighted by Gasteiger charge is -2.10. The van der Waals surface area contributed by atoms with E-state index in [0.29, 0.717) is 24.5 Å². The number of rotatable bonds is 5. The minimum absolute atomic E-state index is 0.193. The fraction of sp³-hybridized carbons (Fsp3) is 0.385. The molecule has 2 aromatic rings. The van der Waals surface area contributed by atoms with E-state index in [1.165, 1.54) is 12.1 Å². The molecule has 0 aliphatic rings. The number of methoxy groups -OCH3 is 1. The van der Waals surface area contributed by atoms with E-state index in [0.717, 1.165) is 5.52 Å². The number of aliphatic hydroxyl groups excluding tert-OH is 1. The van der Waals surface area contributed by atoms with E-state index in [-0.39, 0.29) is 5.56 Å². The normalized spacial score (nSPS) is 12.8. The first-order valence-corrected chi connectivity index (χ1v) is 5.92. The summed E-state index contributed by atoms with van der Waals surface area (Å²) in [6.07, 6.45) is -0.521. The van der Waals surface area contributed by atoms with Crippen molar-refractivity contribution >= 4 is 17.0 Å². The van der Waals surface area contributed by atoms with Crippen LogP contribution >= 0.6 is 0 Å². The molecule has 1 atom stereocenters. The molecule has 2 rings (SSSR count).